The second-order valence-electron chi connectivity index (χ2n) is 4.15. The van der Waals surface area contributed by atoms with Crippen LogP contribution in [0.5, 0.6) is 0 Å². The molecule has 1 amide bonds. The molecule has 0 atom stereocenters. The van der Waals surface area contributed by atoms with E-state index in [1.807, 2.05) is 18.2 Å². The van der Waals surface area contributed by atoms with Crippen LogP contribution in [-0.2, 0) is 12.8 Å². The van der Waals surface area contributed by atoms with E-state index in [1.165, 1.54) is 5.56 Å². The molecule has 5 nitrogen and oxygen atoms in total. The standard InChI is InChI=1S/C13H16N4O/c14-12-11(13(15)18)16-10(17-12)8-4-7-9-5-2-1-3-6-9/h1-3,5-6H,4,7-8,14H2,(H2,15,18)(H,16,17). The van der Waals surface area contributed by atoms with Gasteiger partial charge in [-0.05, 0) is 18.4 Å². The Hall–Kier alpha value is -2.30. The number of hydrogen-bond acceptors (Lipinski definition) is 3. The zero-order valence-corrected chi connectivity index (χ0v) is 10.0. The number of aromatic amines is 1. The van der Waals surface area contributed by atoms with Gasteiger partial charge in [-0.15, -0.1) is 0 Å². The molecule has 0 bridgehead atoms. The van der Waals surface area contributed by atoms with Gasteiger partial charge in [-0.3, -0.25) is 4.79 Å². The first-order valence-electron chi connectivity index (χ1n) is 5.85. The number of amides is 1. The molecule has 0 unspecified atom stereocenters. The molecule has 5 heteroatoms. The molecule has 1 aromatic carbocycles. The number of nitrogens with zero attached hydrogens (tertiary/aromatic N) is 1. The van der Waals surface area contributed by atoms with E-state index in [-0.39, 0.29) is 11.5 Å². The van der Waals surface area contributed by atoms with E-state index in [0.29, 0.717) is 5.82 Å². The number of aromatic nitrogens is 2. The fourth-order valence-corrected chi connectivity index (χ4v) is 1.85. The maximum atomic E-state index is 11.0. The van der Waals surface area contributed by atoms with Gasteiger partial charge in [0.2, 0.25) is 0 Å². The molecule has 0 aliphatic heterocycles. The molecule has 0 aliphatic carbocycles. The Bertz CT molecular complexity index is 533. The summed E-state index contributed by atoms with van der Waals surface area (Å²) in [6.45, 7) is 0. The lowest BCUT2D eigenvalue weighted by atomic mass is 10.1. The number of nitrogen functional groups attached to an aromatic ring is 1. The van der Waals surface area contributed by atoms with Crippen molar-refractivity contribution in [2.45, 2.75) is 19.3 Å². The Morgan fingerprint density at radius 2 is 1.94 bits per heavy atom. The van der Waals surface area contributed by atoms with Gasteiger partial charge in [-0.25, -0.2) is 4.98 Å². The number of anilines is 1. The first kappa shape index (κ1) is 12.2. The number of rotatable bonds is 5. The number of nitrogens with two attached hydrogens (primary N) is 2. The van der Waals surface area contributed by atoms with Gasteiger partial charge in [0.05, 0.1) is 0 Å². The van der Waals surface area contributed by atoms with Crippen LogP contribution < -0.4 is 11.5 Å². The zero-order valence-electron chi connectivity index (χ0n) is 10.0. The van der Waals surface area contributed by atoms with Crippen LogP contribution in [-0.4, -0.2) is 15.9 Å². The van der Waals surface area contributed by atoms with Crippen LogP contribution in [0.25, 0.3) is 0 Å². The molecule has 94 valence electrons. The van der Waals surface area contributed by atoms with Crippen molar-refractivity contribution in [3.8, 4) is 0 Å². The van der Waals surface area contributed by atoms with Crippen molar-refractivity contribution in [3.63, 3.8) is 0 Å². The van der Waals surface area contributed by atoms with E-state index in [1.54, 1.807) is 0 Å². The van der Waals surface area contributed by atoms with E-state index >= 15 is 0 Å². The summed E-state index contributed by atoms with van der Waals surface area (Å²) in [7, 11) is 0. The lowest BCUT2D eigenvalue weighted by molar-refractivity contribution is 0.0997. The van der Waals surface area contributed by atoms with Crippen LogP contribution in [0.4, 0.5) is 5.82 Å². The van der Waals surface area contributed by atoms with Gasteiger partial charge < -0.3 is 16.5 Å². The lowest BCUT2D eigenvalue weighted by Gasteiger charge is -1.99. The number of imidazole rings is 1. The van der Waals surface area contributed by atoms with Gasteiger partial charge in [-0.2, -0.15) is 0 Å². The quantitative estimate of drug-likeness (QED) is 0.738. The third-order valence-electron chi connectivity index (χ3n) is 2.75. The number of hydrogen-bond donors (Lipinski definition) is 3. The molecule has 0 fully saturated rings. The number of primary amides is 1. The van der Waals surface area contributed by atoms with Crippen molar-refractivity contribution in [2.75, 3.05) is 5.73 Å². The Morgan fingerprint density at radius 3 is 2.56 bits per heavy atom. The Labute approximate surface area is 105 Å². The summed E-state index contributed by atoms with van der Waals surface area (Å²) in [5.41, 5.74) is 12.2. The predicted molar refractivity (Wildman–Crippen MR) is 70.0 cm³/mol. The fourth-order valence-electron chi connectivity index (χ4n) is 1.85. The molecule has 1 heterocycles. The van der Waals surface area contributed by atoms with Crippen LogP contribution in [0.2, 0.25) is 0 Å². The van der Waals surface area contributed by atoms with Gasteiger partial charge >= 0.3 is 0 Å². The number of carbonyl (C=O) groups is 1. The second-order valence-corrected chi connectivity index (χ2v) is 4.15. The minimum Gasteiger partial charge on any atom is -0.382 e. The average molecular weight is 244 g/mol. The number of H-pyrrole nitrogens is 1. The molecular formula is C13H16N4O. The molecule has 2 aromatic rings. The van der Waals surface area contributed by atoms with Crippen LogP contribution >= 0.6 is 0 Å². The SMILES string of the molecule is NC(=O)c1[nH]c(CCCc2ccccc2)nc1N. The number of benzene rings is 1. The maximum Gasteiger partial charge on any atom is 0.269 e. The van der Waals surface area contributed by atoms with Gasteiger partial charge in [0.1, 0.15) is 11.5 Å². The molecule has 0 spiro atoms. The average Bonchev–Trinajstić information content (AvgIpc) is 2.72. The highest BCUT2D eigenvalue weighted by Crippen LogP contribution is 2.10. The van der Waals surface area contributed by atoms with Crippen molar-refractivity contribution in [2.24, 2.45) is 5.73 Å². The summed E-state index contributed by atoms with van der Waals surface area (Å²) in [5.74, 6) is 0.309. The van der Waals surface area contributed by atoms with E-state index in [2.05, 4.69) is 22.1 Å². The van der Waals surface area contributed by atoms with E-state index in [9.17, 15) is 4.79 Å². The molecular weight excluding hydrogens is 228 g/mol. The van der Waals surface area contributed by atoms with Crippen molar-refractivity contribution in [3.05, 3.63) is 47.4 Å². The van der Waals surface area contributed by atoms with Crippen molar-refractivity contribution in [1.29, 1.82) is 0 Å². The molecule has 0 saturated heterocycles. The summed E-state index contributed by atoms with van der Waals surface area (Å²) >= 11 is 0. The minimum absolute atomic E-state index is 0.178. The second kappa shape index (κ2) is 5.35. The van der Waals surface area contributed by atoms with Crippen LogP contribution in [0.15, 0.2) is 30.3 Å². The molecule has 2 rings (SSSR count). The number of nitrogens with one attached hydrogen (secondary N) is 1. The zero-order chi connectivity index (χ0) is 13.0. The topological polar surface area (TPSA) is 97.8 Å². The fraction of sp³-hybridized carbons (Fsp3) is 0.231. The van der Waals surface area contributed by atoms with E-state index in [0.717, 1.165) is 19.3 Å². The van der Waals surface area contributed by atoms with Crippen molar-refractivity contribution < 1.29 is 4.79 Å². The summed E-state index contributed by atoms with van der Waals surface area (Å²) < 4.78 is 0. The maximum absolute atomic E-state index is 11.0. The molecule has 5 N–H and O–H groups in total. The van der Waals surface area contributed by atoms with Gasteiger partial charge in [0.25, 0.3) is 5.91 Å². The predicted octanol–water partition coefficient (Wildman–Crippen LogP) is 1.27. The summed E-state index contributed by atoms with van der Waals surface area (Å²) in [6.07, 6.45) is 2.65. The first-order chi connectivity index (χ1) is 8.66. The molecule has 18 heavy (non-hydrogen) atoms. The van der Waals surface area contributed by atoms with Crippen LogP contribution in [0.1, 0.15) is 28.3 Å². The van der Waals surface area contributed by atoms with Gasteiger partial charge in [0, 0.05) is 6.42 Å². The Balaban J connectivity index is 1.91. The van der Waals surface area contributed by atoms with E-state index in [4.69, 9.17) is 11.5 Å². The van der Waals surface area contributed by atoms with Gasteiger partial charge in [-0.1, -0.05) is 30.3 Å². The first-order valence-corrected chi connectivity index (χ1v) is 5.85. The third kappa shape index (κ3) is 2.88. The summed E-state index contributed by atoms with van der Waals surface area (Å²) in [4.78, 5) is 17.9. The van der Waals surface area contributed by atoms with E-state index < -0.39 is 5.91 Å². The smallest absolute Gasteiger partial charge is 0.269 e. The monoisotopic (exact) mass is 244 g/mol. The van der Waals surface area contributed by atoms with Crippen LogP contribution in [0, 0.1) is 0 Å². The highest BCUT2D eigenvalue weighted by Gasteiger charge is 2.11. The summed E-state index contributed by atoms with van der Waals surface area (Å²) in [6, 6.07) is 10.2. The molecule has 0 saturated carbocycles. The normalized spacial score (nSPS) is 10.4. The van der Waals surface area contributed by atoms with Gasteiger partial charge in [0.15, 0.2) is 5.82 Å². The lowest BCUT2D eigenvalue weighted by Crippen LogP contribution is -2.13. The van der Waals surface area contributed by atoms with Crippen molar-refractivity contribution >= 4 is 11.7 Å². The molecule has 1 aromatic heterocycles. The Kier molecular flexibility index (Phi) is 3.62. The highest BCUT2D eigenvalue weighted by atomic mass is 16.1. The molecule has 0 radical (unpaired) electrons. The largest absolute Gasteiger partial charge is 0.382 e. The summed E-state index contributed by atoms with van der Waals surface area (Å²) in [5, 5.41) is 0. The Morgan fingerprint density at radius 1 is 1.22 bits per heavy atom. The molecule has 0 aliphatic rings. The minimum atomic E-state index is -0.575. The third-order valence-corrected chi connectivity index (χ3v) is 2.75. The van der Waals surface area contributed by atoms with Crippen LogP contribution in [0.3, 0.4) is 0 Å². The number of aryl methyl sites for hydroxylation is 2. The highest BCUT2D eigenvalue weighted by molar-refractivity contribution is 5.95. The van der Waals surface area contributed by atoms with Crippen molar-refractivity contribution in [1.82, 2.24) is 9.97 Å². The number of carbonyl (C=O) groups excluding carboxylic acids is 1.